The quantitative estimate of drug-likeness (QED) is 0.155. The van der Waals surface area contributed by atoms with Crippen molar-refractivity contribution in [1.29, 1.82) is 0 Å². The first-order valence-electron chi connectivity index (χ1n) is 11.9. The summed E-state index contributed by atoms with van der Waals surface area (Å²) in [5.74, 6) is 0. The Bertz CT molecular complexity index is 1200. The highest BCUT2D eigenvalue weighted by Gasteiger charge is 2.08. The fourth-order valence-corrected chi connectivity index (χ4v) is 5.49. The van der Waals surface area contributed by atoms with Crippen molar-refractivity contribution in [3.05, 3.63) is 60.2 Å². The van der Waals surface area contributed by atoms with Crippen LogP contribution in [0.25, 0.3) is 9.53 Å². The fraction of sp³-hybridized carbons (Fsp3) is 0.346. The van der Waals surface area contributed by atoms with Gasteiger partial charge in [-0.05, 0) is 74.7 Å². The van der Waals surface area contributed by atoms with E-state index in [9.17, 15) is 0 Å². The maximum absolute atomic E-state index is 4.59. The number of nitrogens with zero attached hydrogens (tertiary/aromatic N) is 6. The molecule has 0 aliphatic rings. The lowest BCUT2D eigenvalue weighted by Gasteiger charge is -2.20. The highest BCUT2D eigenvalue weighted by Crippen LogP contribution is 2.39. The van der Waals surface area contributed by atoms with Gasteiger partial charge >= 0.3 is 0 Å². The molecule has 0 spiro atoms. The molecule has 0 unspecified atom stereocenters. The number of thiazole rings is 1. The van der Waals surface area contributed by atoms with E-state index >= 15 is 0 Å². The Morgan fingerprint density at radius 3 is 2.09 bits per heavy atom. The van der Waals surface area contributed by atoms with Gasteiger partial charge in [0.2, 0.25) is 5.13 Å². The van der Waals surface area contributed by atoms with Crippen molar-refractivity contribution in [2.75, 3.05) is 18.0 Å². The van der Waals surface area contributed by atoms with Crippen molar-refractivity contribution in [2.45, 2.75) is 46.5 Å². The number of anilines is 1. The molecule has 0 atom stereocenters. The Balaban J connectivity index is 1.37. The zero-order valence-electron chi connectivity index (χ0n) is 19.9. The van der Waals surface area contributed by atoms with Crippen LogP contribution in [0.5, 0.6) is 0 Å². The molecule has 0 amide bonds. The van der Waals surface area contributed by atoms with Gasteiger partial charge in [0.15, 0.2) is 0 Å². The molecule has 4 rings (SSSR count). The van der Waals surface area contributed by atoms with E-state index in [1.165, 1.54) is 53.2 Å². The molecule has 34 heavy (non-hydrogen) atoms. The summed E-state index contributed by atoms with van der Waals surface area (Å²) in [5, 5.41) is 19.0. The summed E-state index contributed by atoms with van der Waals surface area (Å²) in [6, 6.07) is 18.5. The normalized spacial score (nSPS) is 11.9. The highest BCUT2D eigenvalue weighted by atomic mass is 32.1. The maximum Gasteiger partial charge on any atom is 0.231 e. The van der Waals surface area contributed by atoms with E-state index in [4.69, 9.17) is 0 Å². The zero-order valence-corrected chi connectivity index (χ0v) is 21.6. The van der Waals surface area contributed by atoms with Gasteiger partial charge in [-0.25, -0.2) is 4.98 Å². The minimum Gasteiger partial charge on any atom is -0.372 e. The minimum atomic E-state index is 0.649. The Kier molecular flexibility index (Phi) is 8.49. The van der Waals surface area contributed by atoms with Gasteiger partial charge in [-0.1, -0.05) is 54.6 Å². The van der Waals surface area contributed by atoms with E-state index in [1.807, 2.05) is 30.3 Å². The number of aryl methyl sites for hydroxylation is 1. The van der Waals surface area contributed by atoms with Crippen LogP contribution in [0.1, 0.15) is 45.6 Å². The average Bonchev–Trinajstić information content (AvgIpc) is 3.42. The van der Waals surface area contributed by atoms with E-state index in [0.29, 0.717) is 5.13 Å². The van der Waals surface area contributed by atoms with Gasteiger partial charge in [-0.3, -0.25) is 0 Å². The van der Waals surface area contributed by atoms with Gasteiger partial charge in [0.05, 0.1) is 16.1 Å². The third-order valence-electron chi connectivity index (χ3n) is 5.56. The number of azo groups is 2. The Morgan fingerprint density at radius 1 is 0.765 bits per heavy atom. The van der Waals surface area contributed by atoms with Crippen molar-refractivity contribution in [1.82, 2.24) is 4.98 Å². The third-order valence-corrected chi connectivity index (χ3v) is 7.49. The largest absolute Gasteiger partial charge is 0.372 e. The van der Waals surface area contributed by atoms with Crippen LogP contribution < -0.4 is 4.90 Å². The van der Waals surface area contributed by atoms with Crippen LogP contribution in [0.15, 0.2) is 75.1 Å². The third kappa shape index (κ3) is 6.33. The van der Waals surface area contributed by atoms with Crippen LogP contribution in [-0.4, -0.2) is 18.1 Å². The summed E-state index contributed by atoms with van der Waals surface area (Å²) in [6.45, 7) is 8.52. The van der Waals surface area contributed by atoms with Crippen LogP contribution in [0, 0.1) is 0 Å². The number of unbranched alkanes of at least 4 members (excludes halogenated alkanes) is 2. The molecule has 0 saturated heterocycles. The van der Waals surface area contributed by atoms with Crippen molar-refractivity contribution >= 4 is 59.4 Å². The minimum absolute atomic E-state index is 0.649. The number of fused-ring (bicyclic) bond motifs is 1. The monoisotopic (exact) mass is 490 g/mol. The number of benzene rings is 2. The molecule has 8 heteroatoms. The van der Waals surface area contributed by atoms with Crippen LogP contribution in [0.4, 0.5) is 27.2 Å². The fourth-order valence-electron chi connectivity index (χ4n) is 3.64. The van der Waals surface area contributed by atoms with Crippen LogP contribution in [0.2, 0.25) is 0 Å². The molecule has 0 N–H and O–H groups in total. The molecule has 2 aromatic heterocycles. The molecule has 0 saturated carbocycles. The lowest BCUT2D eigenvalue weighted by Crippen LogP contribution is -2.21. The first-order chi connectivity index (χ1) is 16.7. The molecular formula is C26H30N6S2. The van der Waals surface area contributed by atoms with Gasteiger partial charge in [0.25, 0.3) is 0 Å². The van der Waals surface area contributed by atoms with Gasteiger partial charge in [-0.2, -0.15) is 0 Å². The molecule has 4 aromatic rings. The predicted octanol–water partition coefficient (Wildman–Crippen LogP) is 9.77. The summed E-state index contributed by atoms with van der Waals surface area (Å²) in [4.78, 5) is 7.80. The maximum atomic E-state index is 4.59. The molecule has 176 valence electrons. The van der Waals surface area contributed by atoms with Gasteiger partial charge < -0.3 is 4.90 Å². The molecule has 2 aromatic carbocycles. The second-order valence-corrected chi connectivity index (χ2v) is 9.98. The number of aromatic nitrogens is 1. The Hall–Kier alpha value is -2.97. The molecule has 0 fully saturated rings. The van der Waals surface area contributed by atoms with Crippen molar-refractivity contribution in [2.24, 2.45) is 20.5 Å². The first kappa shape index (κ1) is 24.2. The van der Waals surface area contributed by atoms with Gasteiger partial charge in [0.1, 0.15) is 9.83 Å². The Labute approximate surface area is 209 Å². The number of rotatable bonds is 11. The highest BCUT2D eigenvalue weighted by molar-refractivity contribution is 7.30. The average molecular weight is 491 g/mol. The van der Waals surface area contributed by atoms with Crippen LogP contribution >= 0.6 is 22.7 Å². The summed E-state index contributed by atoms with van der Waals surface area (Å²) in [5.41, 5.74) is 4.24. The number of hydrogen-bond donors (Lipinski definition) is 0. The zero-order chi connectivity index (χ0) is 23.8. The molecule has 0 bridgehead atoms. The summed E-state index contributed by atoms with van der Waals surface area (Å²) in [7, 11) is 0. The van der Waals surface area contributed by atoms with Crippen molar-refractivity contribution < 1.29 is 0 Å². The molecule has 0 radical (unpaired) electrons. The van der Waals surface area contributed by atoms with E-state index in [1.54, 1.807) is 0 Å². The molecular weight excluding hydrogens is 460 g/mol. The summed E-state index contributed by atoms with van der Waals surface area (Å²) >= 11 is 3.03. The van der Waals surface area contributed by atoms with E-state index in [0.717, 1.165) is 45.4 Å². The second-order valence-electron chi connectivity index (χ2n) is 7.96. The van der Waals surface area contributed by atoms with E-state index in [-0.39, 0.29) is 0 Å². The smallest absolute Gasteiger partial charge is 0.231 e. The lowest BCUT2D eigenvalue weighted by atomic mass is 10.1. The predicted molar refractivity (Wildman–Crippen MR) is 146 cm³/mol. The first-order valence-corrected chi connectivity index (χ1v) is 13.5. The topological polar surface area (TPSA) is 65.6 Å². The lowest BCUT2D eigenvalue weighted by molar-refractivity contribution is 0.717. The number of thiophene rings is 1. The standard InChI is InChI=1S/C26H30N6S2/c1-4-7-8-9-19-10-12-20(13-11-19)28-30-24-18-23-25(34-24)27-26(33-23)31-29-21-14-16-22(17-15-21)32(5-2)6-3/h10-18H,4-9H2,1-3H3. The van der Waals surface area contributed by atoms with Gasteiger partial charge in [-0.15, -0.1) is 20.5 Å². The van der Waals surface area contributed by atoms with Crippen molar-refractivity contribution in [3.8, 4) is 0 Å². The summed E-state index contributed by atoms with van der Waals surface area (Å²) in [6.07, 6.45) is 4.88. The Morgan fingerprint density at radius 2 is 1.44 bits per heavy atom. The van der Waals surface area contributed by atoms with Crippen molar-refractivity contribution in [3.63, 3.8) is 0 Å². The SMILES string of the molecule is CCCCCc1ccc(N=Nc2cc3sc(N=Nc4ccc(N(CC)CC)cc4)nc3s2)cc1. The molecule has 2 heterocycles. The molecule has 0 aliphatic carbocycles. The number of hydrogen-bond acceptors (Lipinski definition) is 8. The van der Waals surface area contributed by atoms with E-state index in [2.05, 4.69) is 75.4 Å². The van der Waals surface area contributed by atoms with Crippen LogP contribution in [-0.2, 0) is 6.42 Å². The van der Waals surface area contributed by atoms with E-state index < -0.39 is 0 Å². The van der Waals surface area contributed by atoms with Crippen LogP contribution in [0.3, 0.4) is 0 Å². The molecule has 6 nitrogen and oxygen atoms in total. The molecule has 0 aliphatic heterocycles. The second kappa shape index (κ2) is 11.9. The summed E-state index contributed by atoms with van der Waals surface area (Å²) < 4.78 is 1.05. The van der Waals surface area contributed by atoms with Gasteiger partial charge in [0, 0.05) is 18.8 Å².